The average molecular weight is 685 g/mol. The molecular weight excluding hydrogens is 614 g/mol. The second kappa shape index (κ2) is 36.3. The van der Waals surface area contributed by atoms with Gasteiger partial charge in [-0.25, -0.2) is 0 Å². The van der Waals surface area contributed by atoms with Crippen molar-refractivity contribution in [2.75, 3.05) is 20.3 Å². The molecule has 10 heteroatoms. The Balaban J connectivity index is 0. The van der Waals surface area contributed by atoms with Gasteiger partial charge in [0.2, 0.25) is 0 Å². The fourth-order valence-corrected chi connectivity index (χ4v) is 5.87. The fourth-order valence-electron chi connectivity index (χ4n) is 5.42. The van der Waals surface area contributed by atoms with Crippen LogP contribution in [0.15, 0.2) is 0 Å². The van der Waals surface area contributed by atoms with Crippen LogP contribution in [0.1, 0.15) is 194 Å². The van der Waals surface area contributed by atoms with Crippen molar-refractivity contribution in [3.63, 3.8) is 0 Å². The summed E-state index contributed by atoms with van der Waals surface area (Å²) in [7, 11) is -3.50. The van der Waals surface area contributed by atoms with Crippen molar-refractivity contribution in [3.8, 4) is 0 Å². The molecule has 0 aliphatic carbocycles. The Morgan fingerprint density at radius 3 is 1.22 bits per heavy atom. The molecule has 0 aromatic rings. The molecule has 0 saturated carbocycles. The van der Waals surface area contributed by atoms with Gasteiger partial charge in [0.15, 0.2) is 6.10 Å². The van der Waals surface area contributed by atoms with Crippen LogP contribution in [0.3, 0.4) is 0 Å². The van der Waals surface area contributed by atoms with Gasteiger partial charge < -0.3 is 23.4 Å². The number of phosphoric ester groups is 1. The zero-order valence-corrected chi connectivity index (χ0v) is 33.4. The predicted molar refractivity (Wildman–Crippen MR) is 182 cm³/mol. The minimum atomic E-state index is -4.49. The third-order valence-corrected chi connectivity index (χ3v) is 9.25. The van der Waals surface area contributed by atoms with E-state index in [1.165, 1.54) is 128 Å². The van der Waals surface area contributed by atoms with Crippen LogP contribution in [0.25, 0.3) is 0 Å². The summed E-state index contributed by atoms with van der Waals surface area (Å²) in [6.45, 7) is 3.79. The average Bonchev–Trinajstić information content (AvgIpc) is 3.03. The largest absolute Gasteiger partial charge is 1.00 e. The number of carbonyl (C=O) groups excluding carboxylic acids is 2. The Morgan fingerprint density at radius 1 is 0.543 bits per heavy atom. The minimum Gasteiger partial charge on any atom is -0.756 e. The van der Waals surface area contributed by atoms with E-state index in [1.807, 2.05) is 0 Å². The molecule has 268 valence electrons. The smallest absolute Gasteiger partial charge is 0.756 e. The molecule has 0 aromatic carbocycles. The molecule has 0 fully saturated rings. The number of hydrogen-bond donors (Lipinski definition) is 0. The third kappa shape index (κ3) is 35.4. The molecule has 0 saturated heterocycles. The van der Waals surface area contributed by atoms with Crippen molar-refractivity contribution in [1.29, 1.82) is 0 Å². The van der Waals surface area contributed by atoms with E-state index in [2.05, 4.69) is 18.4 Å². The Bertz CT molecular complexity index is 724. The van der Waals surface area contributed by atoms with E-state index in [-0.39, 0.29) is 55.0 Å². The van der Waals surface area contributed by atoms with Gasteiger partial charge >= 0.3 is 41.5 Å². The van der Waals surface area contributed by atoms with Gasteiger partial charge in [-0.15, -0.1) is 0 Å². The van der Waals surface area contributed by atoms with Crippen molar-refractivity contribution in [3.05, 3.63) is 0 Å². The summed E-state index contributed by atoms with van der Waals surface area (Å²) in [6.07, 6.45) is 31.3. The number of rotatable bonds is 35. The maximum Gasteiger partial charge on any atom is 1.00 e. The SMILES string of the molecule is CCCCCCCCCCCCCCCC(=O)OCC(COP(=O)([O-])OC)OC(=O)CCCCCCCCCCCCCCC.[Na+]. The molecule has 0 heterocycles. The normalized spacial score (nSPS) is 13.1. The van der Waals surface area contributed by atoms with Gasteiger partial charge in [0, 0.05) is 20.0 Å². The molecule has 8 nitrogen and oxygen atoms in total. The Hall–Kier alpha value is 0.0500. The van der Waals surface area contributed by atoms with Crippen LogP contribution >= 0.6 is 7.82 Å². The van der Waals surface area contributed by atoms with Gasteiger partial charge in [-0.3, -0.25) is 14.2 Å². The van der Waals surface area contributed by atoms with Gasteiger partial charge in [0.05, 0.1) is 6.61 Å². The van der Waals surface area contributed by atoms with Crippen molar-refractivity contribution < 1.29 is 67.1 Å². The van der Waals surface area contributed by atoms with E-state index >= 15 is 0 Å². The first-order chi connectivity index (χ1) is 21.8. The molecular formula is C36H70NaO8P. The second-order valence-electron chi connectivity index (χ2n) is 12.7. The summed E-state index contributed by atoms with van der Waals surface area (Å²) in [5, 5.41) is 0. The molecule has 2 unspecified atom stereocenters. The molecule has 0 radical (unpaired) electrons. The van der Waals surface area contributed by atoms with Crippen molar-refractivity contribution in [1.82, 2.24) is 0 Å². The van der Waals surface area contributed by atoms with Crippen LogP contribution in [0.5, 0.6) is 0 Å². The second-order valence-corrected chi connectivity index (χ2v) is 14.2. The molecule has 0 bridgehead atoms. The Labute approximate surface area is 305 Å². The molecule has 0 N–H and O–H groups in total. The molecule has 2 atom stereocenters. The number of esters is 2. The van der Waals surface area contributed by atoms with Gasteiger partial charge in [-0.05, 0) is 12.8 Å². The summed E-state index contributed by atoms with van der Waals surface area (Å²) in [5.41, 5.74) is 0. The third-order valence-electron chi connectivity index (χ3n) is 8.34. The molecule has 0 aliphatic rings. The first-order valence-electron chi connectivity index (χ1n) is 18.7. The topological polar surface area (TPSA) is 111 Å². The fraction of sp³-hybridized carbons (Fsp3) is 0.944. The first kappa shape index (κ1) is 48.2. The van der Waals surface area contributed by atoms with E-state index in [0.29, 0.717) is 6.42 Å². The van der Waals surface area contributed by atoms with Crippen molar-refractivity contribution in [2.24, 2.45) is 0 Å². The summed E-state index contributed by atoms with van der Waals surface area (Å²) in [5.74, 6) is -0.829. The van der Waals surface area contributed by atoms with Crippen LogP contribution in [0, 0.1) is 0 Å². The summed E-state index contributed by atoms with van der Waals surface area (Å²) < 4.78 is 31.5. The van der Waals surface area contributed by atoms with E-state index in [9.17, 15) is 19.0 Å². The molecule has 46 heavy (non-hydrogen) atoms. The molecule has 0 spiro atoms. The van der Waals surface area contributed by atoms with Crippen LogP contribution in [-0.2, 0) is 32.7 Å². The molecule has 0 aliphatic heterocycles. The van der Waals surface area contributed by atoms with Crippen LogP contribution in [0.2, 0.25) is 0 Å². The summed E-state index contributed by atoms with van der Waals surface area (Å²) in [4.78, 5) is 36.3. The Kier molecular flexibility index (Phi) is 38.0. The van der Waals surface area contributed by atoms with E-state index < -0.39 is 26.5 Å². The van der Waals surface area contributed by atoms with Crippen LogP contribution < -0.4 is 34.5 Å². The zero-order valence-electron chi connectivity index (χ0n) is 30.5. The number of hydrogen-bond acceptors (Lipinski definition) is 8. The van der Waals surface area contributed by atoms with E-state index in [4.69, 9.17) is 14.0 Å². The Morgan fingerprint density at radius 2 is 0.870 bits per heavy atom. The standard InChI is InChI=1S/C36H71O8P.Na/c1-4-6-8-10-12-14-16-18-20-22-24-26-28-30-35(37)42-32-34(33-43-45(39,40)41-3)44-36(38)31-29-27-25-23-21-19-17-15-13-11-9-7-5-2;/h34H,4-33H2,1-3H3,(H,39,40);/q;+1/p-1. The van der Waals surface area contributed by atoms with Crippen molar-refractivity contribution in [2.45, 2.75) is 200 Å². The van der Waals surface area contributed by atoms with Gasteiger partial charge in [0.25, 0.3) is 7.82 Å². The maximum absolute atomic E-state index is 12.4. The van der Waals surface area contributed by atoms with Gasteiger partial charge in [0.1, 0.15) is 6.61 Å². The van der Waals surface area contributed by atoms with E-state index in [0.717, 1.165) is 39.2 Å². The van der Waals surface area contributed by atoms with E-state index in [1.54, 1.807) is 0 Å². The predicted octanol–water partition coefficient (Wildman–Crippen LogP) is 7.54. The number of carbonyl (C=O) groups is 2. The summed E-state index contributed by atoms with van der Waals surface area (Å²) >= 11 is 0. The summed E-state index contributed by atoms with van der Waals surface area (Å²) in [6, 6.07) is 0. The molecule has 0 rings (SSSR count). The number of unbranched alkanes of at least 4 members (excludes halogenated alkanes) is 24. The maximum atomic E-state index is 12.4. The van der Waals surface area contributed by atoms with Crippen LogP contribution in [-0.4, -0.2) is 38.4 Å². The van der Waals surface area contributed by atoms with Gasteiger partial charge in [-0.2, -0.15) is 0 Å². The zero-order chi connectivity index (χ0) is 33.3. The molecule has 0 amide bonds. The number of ether oxygens (including phenoxy) is 2. The monoisotopic (exact) mass is 684 g/mol. The van der Waals surface area contributed by atoms with Gasteiger partial charge in [-0.1, -0.05) is 168 Å². The molecule has 0 aromatic heterocycles. The van der Waals surface area contributed by atoms with Crippen LogP contribution in [0.4, 0.5) is 0 Å². The number of phosphoric acid groups is 1. The minimum absolute atomic E-state index is 0. The van der Waals surface area contributed by atoms with Crippen molar-refractivity contribution >= 4 is 19.8 Å². The first-order valence-corrected chi connectivity index (χ1v) is 20.2. The quantitative estimate of drug-likeness (QED) is 0.0292.